The van der Waals surface area contributed by atoms with Crippen LogP contribution in [0.2, 0.25) is 0 Å². The molecule has 3 aromatic carbocycles. The normalized spacial score (nSPS) is 15.6. The number of fused-ring (bicyclic) bond motifs is 1. The van der Waals surface area contributed by atoms with E-state index >= 15 is 0 Å². The van der Waals surface area contributed by atoms with E-state index < -0.39 is 0 Å². The van der Waals surface area contributed by atoms with Crippen molar-refractivity contribution >= 4 is 22.6 Å². The smallest absolute Gasteiger partial charge is 0.227 e. The number of hydrogen-bond acceptors (Lipinski definition) is 4. The minimum absolute atomic E-state index is 0.0284. The second-order valence-electron chi connectivity index (χ2n) is 9.46. The lowest BCUT2D eigenvalue weighted by Crippen LogP contribution is -2.25. The van der Waals surface area contributed by atoms with Crippen molar-refractivity contribution in [2.24, 2.45) is 0 Å². The molecule has 186 valence electrons. The number of nitrogens with zero attached hydrogens (tertiary/aromatic N) is 3. The highest BCUT2D eigenvalue weighted by Crippen LogP contribution is 2.37. The van der Waals surface area contributed by atoms with Crippen molar-refractivity contribution in [3.63, 3.8) is 0 Å². The molecule has 1 fully saturated rings. The van der Waals surface area contributed by atoms with Crippen LogP contribution < -0.4 is 14.4 Å². The predicted molar refractivity (Wildman–Crippen MR) is 143 cm³/mol. The molecule has 4 aromatic rings. The number of ether oxygens (including phenoxy) is 2. The van der Waals surface area contributed by atoms with E-state index in [9.17, 15) is 4.79 Å². The molecule has 2 heterocycles. The second kappa shape index (κ2) is 10.4. The fourth-order valence-corrected chi connectivity index (χ4v) is 5.18. The van der Waals surface area contributed by atoms with Crippen molar-refractivity contribution < 1.29 is 14.3 Å². The number of para-hydroxylation sites is 5. The number of carbonyl (C=O) groups excluding carboxylic acids is 1. The van der Waals surface area contributed by atoms with E-state index in [1.165, 1.54) is 11.1 Å². The molecule has 1 saturated heterocycles. The van der Waals surface area contributed by atoms with Crippen LogP contribution in [0.1, 0.15) is 42.1 Å². The standard InChI is InChI=1S/C30H33N3O3/c1-21-11-10-12-22(2)29(21)36-18-9-8-17-32-25-14-5-4-13-24(25)31-30(32)23-19-28(34)33(20-23)26-15-6-7-16-27(26)35-3/h4-7,10-16,23H,8-9,17-20H2,1-3H3/t23-/m1/s1. The van der Waals surface area contributed by atoms with Crippen LogP contribution in [0.5, 0.6) is 11.5 Å². The Balaban J connectivity index is 1.31. The summed E-state index contributed by atoms with van der Waals surface area (Å²) in [5.74, 6) is 2.82. The molecule has 0 radical (unpaired) electrons. The quantitative estimate of drug-likeness (QED) is 0.272. The Bertz CT molecular complexity index is 1360. The first-order valence-electron chi connectivity index (χ1n) is 12.6. The van der Waals surface area contributed by atoms with Crippen molar-refractivity contribution in [2.45, 2.75) is 45.6 Å². The van der Waals surface area contributed by atoms with Crippen molar-refractivity contribution in [1.29, 1.82) is 0 Å². The third kappa shape index (κ3) is 4.68. The minimum Gasteiger partial charge on any atom is -0.495 e. The van der Waals surface area contributed by atoms with Crippen LogP contribution in [0, 0.1) is 13.8 Å². The number of hydrogen-bond donors (Lipinski definition) is 0. The van der Waals surface area contributed by atoms with Gasteiger partial charge in [-0.25, -0.2) is 4.98 Å². The van der Waals surface area contributed by atoms with Crippen LogP contribution in [0.25, 0.3) is 11.0 Å². The number of methoxy groups -OCH3 is 1. The lowest BCUT2D eigenvalue weighted by atomic mass is 10.1. The van der Waals surface area contributed by atoms with E-state index in [1.807, 2.05) is 41.3 Å². The summed E-state index contributed by atoms with van der Waals surface area (Å²) >= 11 is 0. The molecule has 0 unspecified atom stereocenters. The van der Waals surface area contributed by atoms with E-state index in [0.717, 1.165) is 47.7 Å². The molecule has 0 spiro atoms. The van der Waals surface area contributed by atoms with Gasteiger partial charge in [-0.05, 0) is 62.1 Å². The van der Waals surface area contributed by atoms with Gasteiger partial charge in [-0.2, -0.15) is 0 Å². The zero-order valence-corrected chi connectivity index (χ0v) is 21.2. The van der Waals surface area contributed by atoms with Gasteiger partial charge in [-0.1, -0.05) is 42.5 Å². The van der Waals surface area contributed by atoms with Gasteiger partial charge < -0.3 is 18.9 Å². The SMILES string of the molecule is COc1ccccc1N1C[C@H](c2nc3ccccc3n2CCCCOc2c(C)cccc2C)CC1=O. The summed E-state index contributed by atoms with van der Waals surface area (Å²) in [7, 11) is 1.64. The zero-order chi connectivity index (χ0) is 25.1. The molecule has 6 heteroatoms. The Morgan fingerprint density at radius 2 is 1.69 bits per heavy atom. The van der Waals surface area contributed by atoms with Crippen LogP contribution in [-0.2, 0) is 11.3 Å². The van der Waals surface area contributed by atoms with Gasteiger partial charge in [-0.15, -0.1) is 0 Å². The molecule has 0 bridgehead atoms. The van der Waals surface area contributed by atoms with Crippen LogP contribution in [0.4, 0.5) is 5.69 Å². The first-order chi connectivity index (χ1) is 17.6. The molecule has 5 rings (SSSR count). The van der Waals surface area contributed by atoms with Crippen molar-refractivity contribution in [2.75, 3.05) is 25.2 Å². The van der Waals surface area contributed by atoms with E-state index in [2.05, 4.69) is 48.7 Å². The maximum atomic E-state index is 13.1. The maximum absolute atomic E-state index is 13.1. The van der Waals surface area contributed by atoms with Crippen LogP contribution in [0.15, 0.2) is 66.7 Å². The molecule has 1 aliphatic rings. The third-order valence-corrected chi connectivity index (χ3v) is 6.98. The summed E-state index contributed by atoms with van der Waals surface area (Å²) in [4.78, 5) is 19.9. The molecule has 1 aromatic heterocycles. The average Bonchev–Trinajstić information content (AvgIpc) is 3.45. The van der Waals surface area contributed by atoms with Gasteiger partial charge in [-0.3, -0.25) is 4.79 Å². The lowest BCUT2D eigenvalue weighted by Gasteiger charge is -2.20. The fourth-order valence-electron chi connectivity index (χ4n) is 5.18. The van der Waals surface area contributed by atoms with Gasteiger partial charge in [0.2, 0.25) is 5.91 Å². The molecular formula is C30H33N3O3. The molecule has 1 aliphatic heterocycles. The van der Waals surface area contributed by atoms with Crippen LogP contribution >= 0.6 is 0 Å². The molecule has 6 nitrogen and oxygen atoms in total. The monoisotopic (exact) mass is 483 g/mol. The number of benzene rings is 3. The number of aryl methyl sites for hydroxylation is 3. The topological polar surface area (TPSA) is 56.6 Å². The number of aromatic nitrogens is 2. The van der Waals surface area contributed by atoms with Gasteiger partial charge in [0.15, 0.2) is 0 Å². The molecule has 36 heavy (non-hydrogen) atoms. The Kier molecular flexibility index (Phi) is 6.94. The summed E-state index contributed by atoms with van der Waals surface area (Å²) in [5, 5.41) is 0. The van der Waals surface area contributed by atoms with Gasteiger partial charge in [0.25, 0.3) is 0 Å². The maximum Gasteiger partial charge on any atom is 0.227 e. The first-order valence-corrected chi connectivity index (χ1v) is 12.6. The Labute approximate surface area is 212 Å². The fraction of sp³-hybridized carbons (Fsp3) is 0.333. The molecule has 0 saturated carbocycles. The molecular weight excluding hydrogens is 450 g/mol. The van der Waals surface area contributed by atoms with Crippen LogP contribution in [0.3, 0.4) is 0 Å². The summed E-state index contributed by atoms with van der Waals surface area (Å²) < 4.78 is 13.9. The van der Waals surface area contributed by atoms with Gasteiger partial charge in [0.1, 0.15) is 17.3 Å². The van der Waals surface area contributed by atoms with Gasteiger partial charge >= 0.3 is 0 Å². The van der Waals surface area contributed by atoms with E-state index in [0.29, 0.717) is 25.3 Å². The molecule has 0 aliphatic carbocycles. The van der Waals surface area contributed by atoms with E-state index in [1.54, 1.807) is 7.11 Å². The number of carbonyl (C=O) groups is 1. The Morgan fingerprint density at radius 1 is 0.944 bits per heavy atom. The lowest BCUT2D eigenvalue weighted by molar-refractivity contribution is -0.117. The van der Waals surface area contributed by atoms with Crippen LogP contribution in [-0.4, -0.2) is 35.7 Å². The van der Waals surface area contributed by atoms with E-state index in [-0.39, 0.29) is 11.8 Å². The second-order valence-corrected chi connectivity index (χ2v) is 9.46. The van der Waals surface area contributed by atoms with E-state index in [4.69, 9.17) is 14.5 Å². The predicted octanol–water partition coefficient (Wildman–Crippen LogP) is 6.04. The van der Waals surface area contributed by atoms with Gasteiger partial charge in [0.05, 0.1) is 30.4 Å². The Hall–Kier alpha value is -3.80. The number of imidazole rings is 1. The first kappa shape index (κ1) is 23.9. The highest BCUT2D eigenvalue weighted by molar-refractivity contribution is 5.97. The number of unbranched alkanes of at least 4 members (excludes halogenated alkanes) is 1. The summed E-state index contributed by atoms with van der Waals surface area (Å²) in [6.07, 6.45) is 2.35. The van der Waals surface area contributed by atoms with Crippen molar-refractivity contribution in [1.82, 2.24) is 9.55 Å². The van der Waals surface area contributed by atoms with Crippen molar-refractivity contribution in [3.05, 3.63) is 83.7 Å². The van der Waals surface area contributed by atoms with Crippen molar-refractivity contribution in [3.8, 4) is 11.5 Å². The summed E-state index contributed by atoms with van der Waals surface area (Å²) in [6, 6.07) is 22.2. The minimum atomic E-state index is 0.0284. The highest BCUT2D eigenvalue weighted by Gasteiger charge is 2.35. The molecule has 0 N–H and O–H groups in total. The number of anilines is 1. The summed E-state index contributed by atoms with van der Waals surface area (Å²) in [5.41, 5.74) is 5.25. The highest BCUT2D eigenvalue weighted by atomic mass is 16.5. The average molecular weight is 484 g/mol. The molecule has 1 atom stereocenters. The number of rotatable bonds is 9. The largest absolute Gasteiger partial charge is 0.495 e. The van der Waals surface area contributed by atoms with Gasteiger partial charge in [0, 0.05) is 25.4 Å². The third-order valence-electron chi connectivity index (χ3n) is 6.98. The number of amides is 1. The molecule has 1 amide bonds. The zero-order valence-electron chi connectivity index (χ0n) is 21.2. The Morgan fingerprint density at radius 3 is 2.50 bits per heavy atom. The summed E-state index contributed by atoms with van der Waals surface area (Å²) in [6.45, 7) is 6.29.